The van der Waals surface area contributed by atoms with E-state index in [0.29, 0.717) is 12.0 Å². The first-order valence-corrected chi connectivity index (χ1v) is 9.61. The van der Waals surface area contributed by atoms with Crippen molar-refractivity contribution in [3.8, 4) is 0 Å². The van der Waals surface area contributed by atoms with E-state index in [0.717, 1.165) is 19.4 Å². The number of hydrogen-bond acceptors (Lipinski definition) is 1. The summed E-state index contributed by atoms with van der Waals surface area (Å²) in [5.41, 5.74) is 5.51. The first-order valence-electron chi connectivity index (χ1n) is 9.61. The van der Waals surface area contributed by atoms with Gasteiger partial charge >= 0.3 is 0 Å². The van der Waals surface area contributed by atoms with Gasteiger partial charge in [-0.15, -0.1) is 0 Å². The third-order valence-corrected chi connectivity index (χ3v) is 4.99. The zero-order valence-corrected chi connectivity index (χ0v) is 15.9. The molecule has 2 unspecified atom stereocenters. The Morgan fingerprint density at radius 2 is 1.31 bits per heavy atom. The zero-order valence-electron chi connectivity index (χ0n) is 15.9. The van der Waals surface area contributed by atoms with Crippen LogP contribution in [0.5, 0.6) is 0 Å². The van der Waals surface area contributed by atoms with Crippen molar-refractivity contribution in [1.82, 2.24) is 5.32 Å². The Morgan fingerprint density at radius 1 is 0.731 bits per heavy atom. The molecule has 0 saturated heterocycles. The Hall–Kier alpha value is -2.38. The highest BCUT2D eigenvalue weighted by atomic mass is 14.9. The molecule has 1 N–H and O–H groups in total. The number of rotatable bonds is 8. The van der Waals surface area contributed by atoms with Gasteiger partial charge in [0, 0.05) is 12.0 Å². The Bertz CT molecular complexity index is 762. The van der Waals surface area contributed by atoms with Crippen molar-refractivity contribution in [3.05, 3.63) is 107 Å². The van der Waals surface area contributed by atoms with E-state index in [2.05, 4.69) is 104 Å². The molecule has 0 aliphatic carbocycles. The van der Waals surface area contributed by atoms with E-state index in [1.807, 2.05) is 0 Å². The van der Waals surface area contributed by atoms with Gasteiger partial charge in [-0.05, 0) is 49.9 Å². The minimum atomic E-state index is 0.438. The standard InChI is InChI=1S/C25H29N/c1-20-13-15-24(16-14-20)25(23-11-7-4-8-12-23)17-18-26-21(2)19-22-9-5-3-6-10-22/h3-16,21,25-26H,17-19H2,1-2H3. The minimum absolute atomic E-state index is 0.438. The summed E-state index contributed by atoms with van der Waals surface area (Å²) in [6.07, 6.45) is 2.17. The van der Waals surface area contributed by atoms with Crippen LogP contribution in [0.1, 0.15) is 41.5 Å². The van der Waals surface area contributed by atoms with Crippen molar-refractivity contribution in [3.63, 3.8) is 0 Å². The van der Waals surface area contributed by atoms with Gasteiger partial charge in [-0.3, -0.25) is 0 Å². The van der Waals surface area contributed by atoms with Gasteiger partial charge in [0.05, 0.1) is 0 Å². The van der Waals surface area contributed by atoms with E-state index < -0.39 is 0 Å². The summed E-state index contributed by atoms with van der Waals surface area (Å²) in [4.78, 5) is 0. The molecule has 0 aliphatic rings. The molecule has 3 aromatic rings. The number of benzene rings is 3. The third-order valence-electron chi connectivity index (χ3n) is 4.99. The molecule has 0 radical (unpaired) electrons. The molecule has 0 spiro atoms. The van der Waals surface area contributed by atoms with E-state index in [9.17, 15) is 0 Å². The number of aryl methyl sites for hydroxylation is 1. The van der Waals surface area contributed by atoms with Gasteiger partial charge in [0.1, 0.15) is 0 Å². The van der Waals surface area contributed by atoms with E-state index in [-0.39, 0.29) is 0 Å². The Balaban J connectivity index is 1.62. The van der Waals surface area contributed by atoms with Crippen LogP contribution in [0.15, 0.2) is 84.9 Å². The Kier molecular flexibility index (Phi) is 6.62. The van der Waals surface area contributed by atoms with E-state index >= 15 is 0 Å². The molecular formula is C25H29N. The van der Waals surface area contributed by atoms with Crippen LogP contribution in [0.25, 0.3) is 0 Å². The summed E-state index contributed by atoms with van der Waals surface area (Å²) in [7, 11) is 0. The predicted octanol–water partition coefficient (Wildman–Crippen LogP) is 5.74. The van der Waals surface area contributed by atoms with Crippen LogP contribution in [0.3, 0.4) is 0 Å². The number of nitrogens with one attached hydrogen (secondary N) is 1. The fourth-order valence-electron chi connectivity index (χ4n) is 3.52. The Labute approximate surface area is 158 Å². The first kappa shape index (κ1) is 18.4. The highest BCUT2D eigenvalue weighted by Gasteiger charge is 2.14. The van der Waals surface area contributed by atoms with Gasteiger partial charge in [0.2, 0.25) is 0 Å². The number of hydrogen-bond donors (Lipinski definition) is 1. The van der Waals surface area contributed by atoms with Crippen LogP contribution in [-0.4, -0.2) is 12.6 Å². The summed E-state index contributed by atoms with van der Waals surface area (Å²) >= 11 is 0. The van der Waals surface area contributed by atoms with E-state index in [4.69, 9.17) is 0 Å². The van der Waals surface area contributed by atoms with Crippen LogP contribution in [-0.2, 0) is 6.42 Å². The normalized spacial score (nSPS) is 13.3. The molecule has 3 rings (SSSR count). The van der Waals surface area contributed by atoms with Crippen molar-refractivity contribution < 1.29 is 0 Å². The van der Waals surface area contributed by atoms with Gasteiger partial charge in [-0.2, -0.15) is 0 Å². The van der Waals surface area contributed by atoms with Gasteiger partial charge in [-0.1, -0.05) is 90.5 Å². The maximum absolute atomic E-state index is 3.71. The lowest BCUT2D eigenvalue weighted by Gasteiger charge is -2.21. The fourth-order valence-corrected chi connectivity index (χ4v) is 3.52. The molecule has 0 saturated carbocycles. The molecule has 0 aliphatic heterocycles. The molecule has 0 aromatic heterocycles. The van der Waals surface area contributed by atoms with Crippen molar-refractivity contribution in [1.29, 1.82) is 0 Å². The Morgan fingerprint density at radius 3 is 1.96 bits per heavy atom. The smallest absolute Gasteiger partial charge is 0.0101 e. The highest BCUT2D eigenvalue weighted by Crippen LogP contribution is 2.27. The van der Waals surface area contributed by atoms with Crippen LogP contribution < -0.4 is 5.32 Å². The van der Waals surface area contributed by atoms with E-state index in [1.165, 1.54) is 22.3 Å². The summed E-state index contributed by atoms with van der Waals surface area (Å²) in [6, 6.07) is 31.1. The minimum Gasteiger partial charge on any atom is -0.314 e. The lowest BCUT2D eigenvalue weighted by Crippen LogP contribution is -2.30. The molecule has 2 atom stereocenters. The second-order valence-electron chi connectivity index (χ2n) is 7.21. The topological polar surface area (TPSA) is 12.0 Å². The SMILES string of the molecule is Cc1ccc(C(CCNC(C)Cc2ccccc2)c2ccccc2)cc1. The van der Waals surface area contributed by atoms with Crippen molar-refractivity contribution >= 4 is 0 Å². The maximum Gasteiger partial charge on any atom is 0.0101 e. The lowest BCUT2D eigenvalue weighted by atomic mass is 9.88. The second kappa shape index (κ2) is 9.35. The monoisotopic (exact) mass is 343 g/mol. The predicted molar refractivity (Wildman–Crippen MR) is 112 cm³/mol. The van der Waals surface area contributed by atoms with Crippen molar-refractivity contribution in [2.45, 2.75) is 38.6 Å². The average molecular weight is 344 g/mol. The molecule has 3 aromatic carbocycles. The lowest BCUT2D eigenvalue weighted by molar-refractivity contribution is 0.520. The fraction of sp³-hybridized carbons (Fsp3) is 0.280. The summed E-state index contributed by atoms with van der Waals surface area (Å²) in [6.45, 7) is 5.44. The summed E-state index contributed by atoms with van der Waals surface area (Å²) in [5.74, 6) is 0.438. The van der Waals surface area contributed by atoms with Crippen molar-refractivity contribution in [2.24, 2.45) is 0 Å². The molecule has 0 amide bonds. The summed E-state index contributed by atoms with van der Waals surface area (Å²) in [5, 5.41) is 3.71. The zero-order chi connectivity index (χ0) is 18.2. The van der Waals surface area contributed by atoms with Gasteiger partial charge in [-0.25, -0.2) is 0 Å². The molecule has 26 heavy (non-hydrogen) atoms. The average Bonchev–Trinajstić information content (AvgIpc) is 2.68. The van der Waals surface area contributed by atoms with Crippen LogP contribution in [0, 0.1) is 6.92 Å². The largest absolute Gasteiger partial charge is 0.314 e. The molecule has 1 nitrogen and oxygen atoms in total. The van der Waals surface area contributed by atoms with Crippen LogP contribution >= 0.6 is 0 Å². The molecule has 0 bridgehead atoms. The third kappa shape index (κ3) is 5.31. The molecular weight excluding hydrogens is 314 g/mol. The molecule has 1 heteroatoms. The van der Waals surface area contributed by atoms with Crippen LogP contribution in [0.4, 0.5) is 0 Å². The maximum atomic E-state index is 3.71. The summed E-state index contributed by atoms with van der Waals surface area (Å²) < 4.78 is 0. The highest BCUT2D eigenvalue weighted by molar-refractivity contribution is 5.34. The molecule has 134 valence electrons. The van der Waals surface area contributed by atoms with E-state index in [1.54, 1.807) is 0 Å². The quantitative estimate of drug-likeness (QED) is 0.550. The van der Waals surface area contributed by atoms with Gasteiger partial charge < -0.3 is 5.32 Å². The molecule has 0 heterocycles. The van der Waals surface area contributed by atoms with Gasteiger partial charge in [0.15, 0.2) is 0 Å². The van der Waals surface area contributed by atoms with Crippen molar-refractivity contribution in [2.75, 3.05) is 6.54 Å². The van der Waals surface area contributed by atoms with Crippen LogP contribution in [0.2, 0.25) is 0 Å². The second-order valence-corrected chi connectivity index (χ2v) is 7.21. The first-order chi connectivity index (χ1) is 12.7. The molecule has 0 fully saturated rings. The van der Waals surface area contributed by atoms with Gasteiger partial charge in [0.25, 0.3) is 0 Å².